The monoisotopic (exact) mass is 456 g/mol. The van der Waals surface area contributed by atoms with Gasteiger partial charge in [0.1, 0.15) is 16.9 Å². The van der Waals surface area contributed by atoms with Crippen molar-refractivity contribution < 1.29 is 19.1 Å². The van der Waals surface area contributed by atoms with E-state index >= 15 is 0 Å². The number of carbonyl (C=O) groups is 2. The zero-order chi connectivity index (χ0) is 21.2. The number of alkyl halides is 1. The van der Waals surface area contributed by atoms with Crippen LogP contribution in [-0.2, 0) is 19.3 Å². The minimum absolute atomic E-state index is 0.267. The van der Waals surface area contributed by atoms with E-state index in [0.717, 1.165) is 0 Å². The first-order valence-electron chi connectivity index (χ1n) is 8.78. The minimum atomic E-state index is -1.33. The molecule has 2 atom stereocenters. The third-order valence-corrected chi connectivity index (χ3v) is 6.48. The predicted molar refractivity (Wildman–Crippen MR) is 114 cm³/mol. The van der Waals surface area contributed by atoms with Gasteiger partial charge in [-0.2, -0.15) is 0 Å². The average Bonchev–Trinajstić information content (AvgIpc) is 2.73. The molecule has 0 saturated heterocycles. The Balaban J connectivity index is 2.30. The fraction of sp³-hybridized carbons (Fsp3) is 0.182. The van der Waals surface area contributed by atoms with Crippen LogP contribution < -0.4 is 20.9 Å². The second-order valence-electron chi connectivity index (χ2n) is 6.64. The van der Waals surface area contributed by atoms with E-state index in [1.165, 1.54) is 6.08 Å². The Bertz CT molecular complexity index is 998. The summed E-state index contributed by atoms with van der Waals surface area (Å²) in [6.07, 6.45) is 4.78. The van der Waals surface area contributed by atoms with E-state index in [4.69, 9.17) is 20.9 Å². The first-order valence-corrected chi connectivity index (χ1v) is 9.57. The van der Waals surface area contributed by atoms with Crippen LogP contribution in [0.1, 0.15) is 11.1 Å². The summed E-state index contributed by atoms with van der Waals surface area (Å²) in [6, 6.07) is 14.2. The van der Waals surface area contributed by atoms with Gasteiger partial charge in [0.05, 0.1) is 18.5 Å². The molecular weight excluding hydrogens is 436 g/mol. The van der Waals surface area contributed by atoms with Crippen LogP contribution in [0.15, 0.2) is 72.3 Å². The fourth-order valence-electron chi connectivity index (χ4n) is 3.57. The highest BCUT2D eigenvalue weighted by atomic mass is 79.9. The first-order chi connectivity index (χ1) is 13.8. The number of allylic oxidation sites excluding steroid dienone is 1. The highest BCUT2D eigenvalue weighted by Crippen LogP contribution is 2.54. The van der Waals surface area contributed by atoms with Crippen molar-refractivity contribution in [3.8, 4) is 11.5 Å². The average molecular weight is 457 g/mol. The Morgan fingerprint density at radius 1 is 0.862 bits per heavy atom. The van der Waals surface area contributed by atoms with Crippen molar-refractivity contribution in [2.45, 2.75) is 9.74 Å². The normalized spacial score (nSPS) is 23.2. The minimum Gasteiger partial charge on any atom is -0.497 e. The molecule has 0 bridgehead atoms. The first kappa shape index (κ1) is 20.7. The number of nitrogens with two attached hydrogens (primary N) is 2. The van der Waals surface area contributed by atoms with E-state index in [9.17, 15) is 9.59 Å². The summed E-state index contributed by atoms with van der Waals surface area (Å²) < 4.78 is 9.30. The molecule has 3 rings (SSSR count). The molecule has 150 valence electrons. The standard InChI is InChI=1S/C22H21BrN2O4/c1-28-17-7-3-15(4-8-17)21(20(25)27)12-11-14(19(24)26)13-22(21,23)16-5-9-18(29-2)10-6-16/h3-13H,1-2H3,(H2,24,26)(H2,25,27). The molecule has 0 aromatic heterocycles. The Labute approximate surface area is 177 Å². The van der Waals surface area contributed by atoms with Gasteiger partial charge in [-0.25, -0.2) is 0 Å². The molecule has 7 heteroatoms. The van der Waals surface area contributed by atoms with Crippen LogP contribution in [-0.4, -0.2) is 26.0 Å². The van der Waals surface area contributed by atoms with E-state index in [1.54, 1.807) is 62.8 Å². The van der Waals surface area contributed by atoms with Crippen LogP contribution in [0.5, 0.6) is 11.5 Å². The van der Waals surface area contributed by atoms with E-state index in [0.29, 0.717) is 22.6 Å². The topological polar surface area (TPSA) is 105 Å². The highest BCUT2D eigenvalue weighted by Gasteiger charge is 2.55. The molecule has 6 nitrogen and oxygen atoms in total. The molecule has 2 aromatic carbocycles. The van der Waals surface area contributed by atoms with Crippen LogP contribution in [0.2, 0.25) is 0 Å². The summed E-state index contributed by atoms with van der Waals surface area (Å²) in [4.78, 5) is 24.9. The smallest absolute Gasteiger partial charge is 0.248 e. The number of hydrogen-bond acceptors (Lipinski definition) is 4. The Hall–Kier alpha value is -3.06. The number of amides is 2. The van der Waals surface area contributed by atoms with Gasteiger partial charge >= 0.3 is 0 Å². The number of halogens is 1. The van der Waals surface area contributed by atoms with Crippen molar-refractivity contribution >= 4 is 27.7 Å². The second-order valence-corrected chi connectivity index (χ2v) is 7.89. The van der Waals surface area contributed by atoms with Gasteiger partial charge in [0.2, 0.25) is 11.8 Å². The molecule has 0 fully saturated rings. The molecule has 2 amide bonds. The fourth-order valence-corrected chi connectivity index (χ4v) is 4.64. The van der Waals surface area contributed by atoms with Gasteiger partial charge in [-0.1, -0.05) is 52.3 Å². The van der Waals surface area contributed by atoms with Crippen molar-refractivity contribution in [3.05, 3.63) is 83.5 Å². The lowest BCUT2D eigenvalue weighted by molar-refractivity contribution is -0.123. The van der Waals surface area contributed by atoms with E-state index in [1.807, 2.05) is 12.1 Å². The Kier molecular flexibility index (Phi) is 5.53. The lowest BCUT2D eigenvalue weighted by Gasteiger charge is -2.44. The summed E-state index contributed by atoms with van der Waals surface area (Å²) in [5, 5.41) is 0. The van der Waals surface area contributed by atoms with Crippen LogP contribution in [0.4, 0.5) is 0 Å². The number of methoxy groups -OCH3 is 2. The van der Waals surface area contributed by atoms with Crippen molar-refractivity contribution in [1.82, 2.24) is 0 Å². The van der Waals surface area contributed by atoms with Gasteiger partial charge in [-0.3, -0.25) is 9.59 Å². The van der Waals surface area contributed by atoms with Gasteiger partial charge in [-0.15, -0.1) is 0 Å². The summed E-state index contributed by atoms with van der Waals surface area (Å²) >= 11 is 3.75. The molecule has 0 spiro atoms. The zero-order valence-corrected chi connectivity index (χ0v) is 17.6. The number of carbonyl (C=O) groups excluding carboxylic acids is 2. The van der Waals surface area contributed by atoms with Crippen molar-refractivity contribution in [3.63, 3.8) is 0 Å². The van der Waals surface area contributed by atoms with Gasteiger partial charge in [0.25, 0.3) is 0 Å². The number of benzene rings is 2. The molecule has 0 aliphatic heterocycles. The van der Waals surface area contributed by atoms with E-state index < -0.39 is 21.6 Å². The molecule has 2 unspecified atom stereocenters. The van der Waals surface area contributed by atoms with Crippen LogP contribution in [0, 0.1) is 0 Å². The van der Waals surface area contributed by atoms with E-state index in [2.05, 4.69) is 15.9 Å². The number of hydrogen-bond donors (Lipinski definition) is 2. The lowest BCUT2D eigenvalue weighted by Crippen LogP contribution is -2.53. The van der Waals surface area contributed by atoms with Crippen molar-refractivity contribution in [2.24, 2.45) is 11.5 Å². The van der Waals surface area contributed by atoms with Gasteiger partial charge in [-0.05, 0) is 41.5 Å². The van der Waals surface area contributed by atoms with Gasteiger partial charge in [0.15, 0.2) is 0 Å². The van der Waals surface area contributed by atoms with Gasteiger partial charge in [0, 0.05) is 5.57 Å². The third kappa shape index (κ3) is 3.31. The van der Waals surface area contributed by atoms with Crippen LogP contribution in [0.25, 0.3) is 0 Å². The lowest BCUT2D eigenvalue weighted by atomic mass is 9.64. The summed E-state index contributed by atoms with van der Waals surface area (Å²) in [7, 11) is 3.13. The maximum absolute atomic E-state index is 13.0. The predicted octanol–water partition coefficient (Wildman–Crippen LogP) is 2.70. The largest absolute Gasteiger partial charge is 0.497 e. The molecule has 1 aliphatic carbocycles. The SMILES string of the molecule is COc1ccc(C2(Br)C=C(C(N)=O)C=CC2(C(N)=O)c2ccc(OC)cc2)cc1. The number of rotatable bonds is 6. The molecule has 2 aromatic rings. The van der Waals surface area contributed by atoms with Crippen LogP contribution >= 0.6 is 15.9 Å². The van der Waals surface area contributed by atoms with Crippen molar-refractivity contribution in [1.29, 1.82) is 0 Å². The summed E-state index contributed by atoms with van der Waals surface area (Å²) in [5.41, 5.74) is 11.8. The van der Waals surface area contributed by atoms with E-state index in [-0.39, 0.29) is 5.57 Å². The molecule has 0 radical (unpaired) electrons. The summed E-state index contributed by atoms with van der Waals surface area (Å²) in [6.45, 7) is 0. The van der Waals surface area contributed by atoms with Gasteiger partial charge < -0.3 is 20.9 Å². The maximum Gasteiger partial charge on any atom is 0.248 e. The molecular formula is C22H21BrN2O4. The Morgan fingerprint density at radius 3 is 1.76 bits per heavy atom. The molecule has 29 heavy (non-hydrogen) atoms. The van der Waals surface area contributed by atoms with Crippen molar-refractivity contribution in [2.75, 3.05) is 14.2 Å². The molecule has 0 heterocycles. The maximum atomic E-state index is 13.0. The molecule has 4 N–H and O–H groups in total. The third-order valence-electron chi connectivity index (χ3n) is 5.17. The second kappa shape index (κ2) is 7.75. The number of ether oxygens (including phenoxy) is 2. The molecule has 1 aliphatic rings. The molecule has 0 saturated carbocycles. The Morgan fingerprint density at radius 2 is 1.34 bits per heavy atom. The quantitative estimate of drug-likeness (QED) is 0.651. The zero-order valence-electron chi connectivity index (χ0n) is 16.0. The summed E-state index contributed by atoms with van der Waals surface area (Å²) in [5.74, 6) is 0.105. The van der Waals surface area contributed by atoms with Crippen LogP contribution in [0.3, 0.4) is 0 Å². The highest BCUT2D eigenvalue weighted by molar-refractivity contribution is 9.09. The number of primary amides is 2.